The summed E-state index contributed by atoms with van der Waals surface area (Å²) in [5, 5.41) is 2.88. The fourth-order valence-electron chi connectivity index (χ4n) is 3.88. The van der Waals surface area contributed by atoms with Gasteiger partial charge in [0.05, 0.1) is 24.2 Å². The van der Waals surface area contributed by atoms with Crippen molar-refractivity contribution < 1.29 is 13.9 Å². The molecule has 184 valence electrons. The van der Waals surface area contributed by atoms with Gasteiger partial charge in [0, 0.05) is 45.1 Å². The van der Waals surface area contributed by atoms with Gasteiger partial charge in [-0.25, -0.2) is 4.98 Å². The summed E-state index contributed by atoms with van der Waals surface area (Å²) in [6, 6.07) is 11.0. The van der Waals surface area contributed by atoms with Crippen LogP contribution in [0.5, 0.6) is 6.01 Å². The maximum Gasteiger partial charge on any atom is 0.319 e. The first kappa shape index (κ1) is 24.7. The van der Waals surface area contributed by atoms with Crippen LogP contribution in [-0.2, 0) is 17.8 Å². The molecule has 1 aromatic carbocycles. The van der Waals surface area contributed by atoms with Gasteiger partial charge in [-0.15, -0.1) is 0 Å². The van der Waals surface area contributed by atoms with Crippen LogP contribution in [0.15, 0.2) is 48.8 Å². The van der Waals surface area contributed by atoms with E-state index in [2.05, 4.69) is 37.1 Å². The highest BCUT2D eigenvalue weighted by Crippen LogP contribution is 2.23. The fraction of sp³-hybridized carbons (Fsp3) is 0.385. The number of likely N-dealkylation sites (N-methyl/N-ethyl adjacent to an activating group) is 1. The molecule has 4 rings (SSSR count). The maximum absolute atomic E-state index is 14.6. The van der Waals surface area contributed by atoms with Gasteiger partial charge < -0.3 is 15.0 Å². The van der Waals surface area contributed by atoms with E-state index in [1.54, 1.807) is 30.5 Å². The van der Waals surface area contributed by atoms with Crippen molar-refractivity contribution in [3.63, 3.8) is 0 Å². The lowest BCUT2D eigenvalue weighted by Gasteiger charge is -2.31. The zero-order valence-corrected chi connectivity index (χ0v) is 20.2. The van der Waals surface area contributed by atoms with Gasteiger partial charge in [-0.1, -0.05) is 24.3 Å². The van der Waals surface area contributed by atoms with Crippen molar-refractivity contribution in [3.05, 3.63) is 71.6 Å². The molecule has 35 heavy (non-hydrogen) atoms. The largest absolute Gasteiger partial charge is 0.462 e. The second-order valence-electron chi connectivity index (χ2n) is 8.83. The Morgan fingerprint density at radius 3 is 2.60 bits per heavy atom. The monoisotopic (exact) mass is 478 g/mol. The smallest absolute Gasteiger partial charge is 0.319 e. The van der Waals surface area contributed by atoms with Crippen LogP contribution in [0, 0.1) is 12.9 Å². The zero-order valence-electron chi connectivity index (χ0n) is 20.2. The highest BCUT2D eigenvalue weighted by molar-refractivity contribution is 5.78. The topological polar surface area (TPSA) is 83.5 Å². The minimum Gasteiger partial charge on any atom is -0.462 e. The number of aromatic nitrogens is 3. The van der Waals surface area contributed by atoms with Crippen molar-refractivity contribution in [2.45, 2.75) is 19.9 Å². The van der Waals surface area contributed by atoms with Gasteiger partial charge in [0.2, 0.25) is 11.9 Å². The highest BCUT2D eigenvalue weighted by Gasteiger charge is 2.15. The number of halogens is 1. The van der Waals surface area contributed by atoms with Crippen LogP contribution in [-0.4, -0.2) is 77.0 Å². The molecule has 0 aliphatic carbocycles. The predicted molar refractivity (Wildman–Crippen MR) is 131 cm³/mol. The van der Waals surface area contributed by atoms with E-state index in [0.29, 0.717) is 18.7 Å². The summed E-state index contributed by atoms with van der Waals surface area (Å²) < 4.78 is 20.2. The molecule has 0 spiro atoms. The summed E-state index contributed by atoms with van der Waals surface area (Å²) in [5.41, 5.74) is 3.67. The number of hydrogen-bond acceptors (Lipinski definition) is 7. The molecule has 0 saturated carbocycles. The second-order valence-corrected chi connectivity index (χ2v) is 8.83. The second kappa shape index (κ2) is 11.8. The lowest BCUT2D eigenvalue weighted by molar-refractivity contribution is -0.120. The van der Waals surface area contributed by atoms with Gasteiger partial charge in [-0.05, 0) is 42.8 Å². The van der Waals surface area contributed by atoms with Gasteiger partial charge in [0.1, 0.15) is 6.61 Å². The number of nitrogens with zero attached hydrogens (tertiary/aromatic N) is 5. The third kappa shape index (κ3) is 7.27. The van der Waals surface area contributed by atoms with Crippen LogP contribution < -0.4 is 10.1 Å². The molecule has 1 fully saturated rings. The van der Waals surface area contributed by atoms with Crippen LogP contribution >= 0.6 is 0 Å². The number of pyridine rings is 1. The molecule has 0 bridgehead atoms. The van der Waals surface area contributed by atoms with Crippen molar-refractivity contribution in [2.75, 3.05) is 46.4 Å². The molecular weight excluding hydrogens is 447 g/mol. The Balaban J connectivity index is 1.26. The first-order valence-electron chi connectivity index (χ1n) is 11.8. The van der Waals surface area contributed by atoms with Gasteiger partial charge in [0.25, 0.3) is 0 Å². The third-order valence-electron chi connectivity index (χ3n) is 6.02. The van der Waals surface area contributed by atoms with Crippen LogP contribution in [0.1, 0.15) is 16.8 Å². The molecule has 1 N–H and O–H groups in total. The molecule has 2 aromatic heterocycles. The number of amides is 1. The minimum absolute atomic E-state index is 0.0387. The van der Waals surface area contributed by atoms with E-state index in [-0.39, 0.29) is 23.9 Å². The number of carbonyl (C=O) groups is 1. The number of piperazine rings is 1. The third-order valence-corrected chi connectivity index (χ3v) is 6.02. The summed E-state index contributed by atoms with van der Waals surface area (Å²) in [6.07, 6.45) is 3.39. The zero-order chi connectivity index (χ0) is 24.6. The quantitative estimate of drug-likeness (QED) is 0.473. The number of rotatable bonds is 9. The Kier molecular flexibility index (Phi) is 8.33. The van der Waals surface area contributed by atoms with Gasteiger partial charge in [0.15, 0.2) is 0 Å². The molecule has 0 unspecified atom stereocenters. The van der Waals surface area contributed by atoms with E-state index in [0.717, 1.165) is 49.5 Å². The molecule has 0 radical (unpaired) electrons. The minimum atomic E-state index is -0.634. The maximum atomic E-state index is 14.6. The van der Waals surface area contributed by atoms with E-state index < -0.39 is 5.95 Å². The van der Waals surface area contributed by atoms with Crippen LogP contribution in [0.3, 0.4) is 0 Å². The number of carbonyl (C=O) groups excluding carboxylic acids is 1. The summed E-state index contributed by atoms with van der Waals surface area (Å²) in [4.78, 5) is 29.2. The molecule has 8 nitrogen and oxygen atoms in total. The van der Waals surface area contributed by atoms with Gasteiger partial charge in [-0.3, -0.25) is 14.7 Å². The Hall–Kier alpha value is -3.43. The van der Waals surface area contributed by atoms with Crippen molar-refractivity contribution in [3.8, 4) is 17.1 Å². The lowest BCUT2D eigenvalue weighted by Crippen LogP contribution is -2.45. The van der Waals surface area contributed by atoms with Crippen molar-refractivity contribution in [1.82, 2.24) is 30.1 Å². The molecule has 1 saturated heterocycles. The molecule has 1 amide bonds. The van der Waals surface area contributed by atoms with Crippen molar-refractivity contribution in [1.29, 1.82) is 0 Å². The molecule has 9 heteroatoms. The first-order chi connectivity index (χ1) is 17.0. The Labute approximate surface area is 205 Å². The summed E-state index contributed by atoms with van der Waals surface area (Å²) in [5.74, 6) is -0.737. The lowest BCUT2D eigenvalue weighted by atomic mass is 10.0. The van der Waals surface area contributed by atoms with E-state index in [1.165, 1.54) is 6.20 Å². The average molecular weight is 479 g/mol. The average Bonchev–Trinajstić information content (AvgIpc) is 2.85. The summed E-state index contributed by atoms with van der Waals surface area (Å²) in [7, 11) is 2.11. The normalized spacial score (nSPS) is 14.6. The molecule has 3 aromatic rings. The Morgan fingerprint density at radius 2 is 1.89 bits per heavy atom. The van der Waals surface area contributed by atoms with Crippen molar-refractivity contribution in [2.24, 2.45) is 0 Å². The van der Waals surface area contributed by atoms with E-state index >= 15 is 0 Å². The van der Waals surface area contributed by atoms with Crippen LogP contribution in [0.4, 0.5) is 4.39 Å². The Bertz CT molecular complexity index is 1130. The molecule has 3 heterocycles. The summed E-state index contributed by atoms with van der Waals surface area (Å²) in [6.45, 7) is 7.60. The van der Waals surface area contributed by atoms with Gasteiger partial charge >= 0.3 is 6.01 Å². The van der Waals surface area contributed by atoms with Gasteiger partial charge in [-0.2, -0.15) is 9.37 Å². The molecule has 1 aliphatic heterocycles. The van der Waals surface area contributed by atoms with E-state index in [4.69, 9.17) is 4.74 Å². The number of hydrogen-bond donors (Lipinski definition) is 1. The number of nitrogens with one attached hydrogen (secondary N) is 1. The SMILES string of the molecule is Cc1ccnc(CNC(=O)Cc2ccc(-c3cnc(OCCN4CCN(C)CC4)nc3F)cc2)c1. The predicted octanol–water partition coefficient (Wildman–Crippen LogP) is 2.47. The number of aryl methyl sites for hydroxylation is 1. The van der Waals surface area contributed by atoms with Crippen LogP contribution in [0.2, 0.25) is 0 Å². The summed E-state index contributed by atoms with van der Waals surface area (Å²) >= 11 is 0. The number of benzene rings is 1. The molecule has 0 atom stereocenters. The fourth-order valence-corrected chi connectivity index (χ4v) is 3.88. The molecule has 1 aliphatic rings. The highest BCUT2D eigenvalue weighted by atomic mass is 19.1. The standard InChI is InChI=1S/C26H31FN6O2/c1-19-7-8-28-22(15-19)17-29-24(34)16-20-3-5-21(6-4-20)23-18-30-26(31-25(23)27)35-14-13-33-11-9-32(2)10-12-33/h3-8,15,18H,9-14,16-17H2,1-2H3,(H,29,34). The van der Waals surface area contributed by atoms with Crippen molar-refractivity contribution >= 4 is 5.91 Å². The van der Waals surface area contributed by atoms with E-state index in [1.807, 2.05) is 19.1 Å². The first-order valence-corrected chi connectivity index (χ1v) is 11.8. The number of ether oxygens (including phenoxy) is 1. The Morgan fingerprint density at radius 1 is 1.11 bits per heavy atom. The van der Waals surface area contributed by atoms with Crippen LogP contribution in [0.25, 0.3) is 11.1 Å². The molecular formula is C26H31FN6O2. The van der Waals surface area contributed by atoms with E-state index in [9.17, 15) is 9.18 Å².